The SMILES string of the molecule is CCOc1cc(C=NNC(=O)c2cccc(OC)c2)ccc1O. The van der Waals surface area contributed by atoms with Crippen molar-refractivity contribution in [2.24, 2.45) is 5.10 Å². The molecule has 6 nitrogen and oxygen atoms in total. The highest BCUT2D eigenvalue weighted by atomic mass is 16.5. The first-order valence-electron chi connectivity index (χ1n) is 7.07. The normalized spacial score (nSPS) is 10.5. The number of hydrogen-bond acceptors (Lipinski definition) is 5. The van der Waals surface area contributed by atoms with Crippen molar-refractivity contribution < 1.29 is 19.4 Å². The van der Waals surface area contributed by atoms with E-state index in [1.165, 1.54) is 19.4 Å². The second-order valence-electron chi connectivity index (χ2n) is 4.59. The van der Waals surface area contributed by atoms with Crippen molar-refractivity contribution >= 4 is 12.1 Å². The summed E-state index contributed by atoms with van der Waals surface area (Å²) in [6, 6.07) is 11.6. The number of nitrogens with zero attached hydrogens (tertiary/aromatic N) is 1. The molecule has 0 heterocycles. The molecule has 0 aliphatic heterocycles. The third-order valence-electron chi connectivity index (χ3n) is 3.00. The zero-order chi connectivity index (χ0) is 16.7. The van der Waals surface area contributed by atoms with Crippen LogP contribution < -0.4 is 14.9 Å². The third kappa shape index (κ3) is 4.47. The molecular formula is C17H18N2O4. The van der Waals surface area contributed by atoms with E-state index in [0.717, 1.165) is 0 Å². The zero-order valence-corrected chi connectivity index (χ0v) is 12.9. The van der Waals surface area contributed by atoms with Crippen molar-refractivity contribution in [2.45, 2.75) is 6.92 Å². The van der Waals surface area contributed by atoms with Crippen LogP contribution in [0.5, 0.6) is 17.2 Å². The average Bonchev–Trinajstić information content (AvgIpc) is 2.58. The summed E-state index contributed by atoms with van der Waals surface area (Å²) >= 11 is 0. The number of amides is 1. The molecule has 1 amide bonds. The van der Waals surface area contributed by atoms with E-state index in [0.29, 0.717) is 29.2 Å². The van der Waals surface area contributed by atoms with Crippen LogP contribution in [-0.4, -0.2) is 30.9 Å². The standard InChI is InChI=1S/C17H18N2O4/c1-3-23-16-9-12(7-8-15(16)20)11-18-19-17(21)13-5-4-6-14(10-13)22-2/h4-11,20H,3H2,1-2H3,(H,19,21). The lowest BCUT2D eigenvalue weighted by Gasteiger charge is -2.06. The number of methoxy groups -OCH3 is 1. The van der Waals surface area contributed by atoms with E-state index in [4.69, 9.17) is 9.47 Å². The Hall–Kier alpha value is -3.02. The number of hydrogen-bond donors (Lipinski definition) is 2. The van der Waals surface area contributed by atoms with Crippen LogP contribution in [-0.2, 0) is 0 Å². The van der Waals surface area contributed by atoms with Gasteiger partial charge in [0.25, 0.3) is 5.91 Å². The molecule has 0 radical (unpaired) electrons. The van der Waals surface area contributed by atoms with Crippen LogP contribution >= 0.6 is 0 Å². The Balaban J connectivity index is 2.03. The lowest BCUT2D eigenvalue weighted by molar-refractivity contribution is 0.0955. The number of phenolic OH excluding ortho intramolecular Hbond substituents is 1. The molecule has 0 saturated carbocycles. The van der Waals surface area contributed by atoms with Crippen LogP contribution in [0.1, 0.15) is 22.8 Å². The molecule has 2 rings (SSSR count). The zero-order valence-electron chi connectivity index (χ0n) is 12.9. The summed E-state index contributed by atoms with van der Waals surface area (Å²) in [5.41, 5.74) is 3.57. The van der Waals surface area contributed by atoms with E-state index in [2.05, 4.69) is 10.5 Å². The van der Waals surface area contributed by atoms with Gasteiger partial charge in [0.05, 0.1) is 19.9 Å². The summed E-state index contributed by atoms with van der Waals surface area (Å²) in [6.07, 6.45) is 1.47. The summed E-state index contributed by atoms with van der Waals surface area (Å²) in [5, 5.41) is 13.5. The summed E-state index contributed by atoms with van der Waals surface area (Å²) in [7, 11) is 1.54. The molecular weight excluding hydrogens is 296 g/mol. The molecule has 120 valence electrons. The molecule has 0 aliphatic carbocycles. The summed E-state index contributed by atoms with van der Waals surface area (Å²) in [4.78, 5) is 12.0. The van der Waals surface area contributed by atoms with Gasteiger partial charge in [-0.15, -0.1) is 0 Å². The first kappa shape index (κ1) is 16.4. The molecule has 0 atom stereocenters. The Morgan fingerprint density at radius 3 is 2.87 bits per heavy atom. The molecule has 0 aromatic heterocycles. The Kier molecular flexibility index (Phi) is 5.57. The maximum atomic E-state index is 12.0. The molecule has 0 spiro atoms. The predicted molar refractivity (Wildman–Crippen MR) is 87.3 cm³/mol. The van der Waals surface area contributed by atoms with Gasteiger partial charge in [0.1, 0.15) is 5.75 Å². The number of nitrogens with one attached hydrogen (secondary N) is 1. The quantitative estimate of drug-likeness (QED) is 0.634. The van der Waals surface area contributed by atoms with Gasteiger partial charge in [-0.1, -0.05) is 6.07 Å². The number of carbonyl (C=O) groups is 1. The minimum absolute atomic E-state index is 0.0596. The van der Waals surface area contributed by atoms with Crippen LogP contribution in [0, 0.1) is 0 Å². The lowest BCUT2D eigenvalue weighted by atomic mass is 10.2. The molecule has 0 unspecified atom stereocenters. The fraction of sp³-hybridized carbons (Fsp3) is 0.176. The first-order valence-corrected chi connectivity index (χ1v) is 7.07. The fourth-order valence-corrected chi connectivity index (χ4v) is 1.88. The van der Waals surface area contributed by atoms with E-state index in [1.54, 1.807) is 36.4 Å². The van der Waals surface area contributed by atoms with E-state index >= 15 is 0 Å². The minimum Gasteiger partial charge on any atom is -0.504 e. The van der Waals surface area contributed by atoms with Crippen molar-refractivity contribution in [3.05, 3.63) is 53.6 Å². The van der Waals surface area contributed by atoms with Gasteiger partial charge in [-0.25, -0.2) is 5.43 Å². The van der Waals surface area contributed by atoms with Gasteiger partial charge in [0, 0.05) is 5.56 Å². The highest BCUT2D eigenvalue weighted by Gasteiger charge is 2.05. The summed E-state index contributed by atoms with van der Waals surface area (Å²) in [6.45, 7) is 2.27. The molecule has 0 aliphatic rings. The Labute approximate surface area is 134 Å². The molecule has 6 heteroatoms. The van der Waals surface area contributed by atoms with Crippen molar-refractivity contribution in [3.8, 4) is 17.2 Å². The topological polar surface area (TPSA) is 80.2 Å². The van der Waals surface area contributed by atoms with E-state index in [9.17, 15) is 9.90 Å². The predicted octanol–water partition coefficient (Wildman–Crippen LogP) is 2.56. The maximum absolute atomic E-state index is 12.0. The van der Waals surface area contributed by atoms with Gasteiger partial charge in [-0.3, -0.25) is 4.79 Å². The molecule has 23 heavy (non-hydrogen) atoms. The maximum Gasteiger partial charge on any atom is 0.271 e. The van der Waals surface area contributed by atoms with Crippen LogP contribution in [0.3, 0.4) is 0 Å². The van der Waals surface area contributed by atoms with Crippen molar-refractivity contribution in [1.82, 2.24) is 5.43 Å². The van der Waals surface area contributed by atoms with Crippen LogP contribution in [0.25, 0.3) is 0 Å². The minimum atomic E-state index is -0.344. The molecule has 0 bridgehead atoms. The van der Waals surface area contributed by atoms with Gasteiger partial charge in [-0.05, 0) is 48.9 Å². The number of rotatable bonds is 6. The van der Waals surface area contributed by atoms with Crippen LogP contribution in [0.15, 0.2) is 47.6 Å². The van der Waals surface area contributed by atoms with Gasteiger partial charge < -0.3 is 14.6 Å². The molecule has 0 saturated heterocycles. The van der Waals surface area contributed by atoms with Gasteiger partial charge in [0.15, 0.2) is 11.5 Å². The number of carbonyl (C=O) groups excluding carboxylic acids is 1. The summed E-state index contributed by atoms with van der Waals surface area (Å²) < 4.78 is 10.4. The van der Waals surface area contributed by atoms with Crippen molar-refractivity contribution in [2.75, 3.05) is 13.7 Å². The second-order valence-corrected chi connectivity index (χ2v) is 4.59. The van der Waals surface area contributed by atoms with Gasteiger partial charge in [-0.2, -0.15) is 5.10 Å². The molecule has 2 aromatic carbocycles. The second kappa shape index (κ2) is 7.84. The van der Waals surface area contributed by atoms with E-state index in [-0.39, 0.29) is 11.7 Å². The Morgan fingerprint density at radius 1 is 1.30 bits per heavy atom. The van der Waals surface area contributed by atoms with Crippen LogP contribution in [0.2, 0.25) is 0 Å². The average molecular weight is 314 g/mol. The smallest absolute Gasteiger partial charge is 0.271 e. The van der Waals surface area contributed by atoms with Gasteiger partial charge >= 0.3 is 0 Å². The van der Waals surface area contributed by atoms with Crippen molar-refractivity contribution in [3.63, 3.8) is 0 Å². The molecule has 2 N–H and O–H groups in total. The highest BCUT2D eigenvalue weighted by molar-refractivity contribution is 5.95. The third-order valence-corrected chi connectivity index (χ3v) is 3.00. The lowest BCUT2D eigenvalue weighted by Crippen LogP contribution is -2.17. The van der Waals surface area contributed by atoms with Crippen molar-refractivity contribution in [1.29, 1.82) is 0 Å². The monoisotopic (exact) mass is 314 g/mol. The number of benzene rings is 2. The molecule has 2 aromatic rings. The summed E-state index contributed by atoms with van der Waals surface area (Å²) in [5.74, 6) is 0.686. The van der Waals surface area contributed by atoms with Crippen LogP contribution in [0.4, 0.5) is 0 Å². The fourth-order valence-electron chi connectivity index (χ4n) is 1.88. The Morgan fingerprint density at radius 2 is 2.13 bits per heavy atom. The highest BCUT2D eigenvalue weighted by Crippen LogP contribution is 2.26. The first-order chi connectivity index (χ1) is 11.1. The Bertz CT molecular complexity index is 713. The number of phenols is 1. The van der Waals surface area contributed by atoms with E-state index in [1.807, 2.05) is 6.92 Å². The number of aromatic hydroxyl groups is 1. The number of hydrazone groups is 1. The van der Waals surface area contributed by atoms with Gasteiger partial charge in [0.2, 0.25) is 0 Å². The number of ether oxygens (including phenoxy) is 2. The molecule has 0 fully saturated rings. The van der Waals surface area contributed by atoms with E-state index < -0.39 is 0 Å². The largest absolute Gasteiger partial charge is 0.504 e.